The SMILES string of the molecule is CC[C@H](C)[C@@H](NC(=O)c1ccccc1)C(=O)O[C@H](C)C(=O)N1CCCCC1. The summed E-state index contributed by atoms with van der Waals surface area (Å²) in [6, 6.07) is 7.95. The number of likely N-dealkylation sites (tertiary alicyclic amines) is 1. The lowest BCUT2D eigenvalue weighted by Gasteiger charge is -2.30. The Morgan fingerprint density at radius 2 is 1.70 bits per heavy atom. The van der Waals surface area contributed by atoms with Gasteiger partial charge in [0.05, 0.1) is 0 Å². The number of hydrogen-bond donors (Lipinski definition) is 1. The molecule has 0 aromatic heterocycles. The van der Waals surface area contributed by atoms with E-state index in [4.69, 9.17) is 4.74 Å². The van der Waals surface area contributed by atoms with Gasteiger partial charge in [-0.2, -0.15) is 0 Å². The molecule has 1 N–H and O–H groups in total. The number of ether oxygens (including phenoxy) is 1. The summed E-state index contributed by atoms with van der Waals surface area (Å²) < 4.78 is 5.44. The third-order valence-electron chi connectivity index (χ3n) is 5.10. The predicted octanol–water partition coefficient (Wildman–Crippen LogP) is 2.78. The highest BCUT2D eigenvalue weighted by Crippen LogP contribution is 2.15. The van der Waals surface area contributed by atoms with E-state index < -0.39 is 18.1 Å². The van der Waals surface area contributed by atoms with Gasteiger partial charge in [0.15, 0.2) is 6.10 Å². The van der Waals surface area contributed by atoms with Crippen molar-refractivity contribution in [3.05, 3.63) is 35.9 Å². The van der Waals surface area contributed by atoms with Crippen molar-refractivity contribution in [2.45, 2.75) is 58.6 Å². The monoisotopic (exact) mass is 374 g/mol. The summed E-state index contributed by atoms with van der Waals surface area (Å²) in [6.07, 6.45) is 2.93. The smallest absolute Gasteiger partial charge is 0.329 e. The van der Waals surface area contributed by atoms with Gasteiger partial charge in [0.25, 0.3) is 11.8 Å². The van der Waals surface area contributed by atoms with Gasteiger partial charge in [-0.3, -0.25) is 9.59 Å². The van der Waals surface area contributed by atoms with Crippen LogP contribution in [0.2, 0.25) is 0 Å². The molecule has 6 heteroatoms. The van der Waals surface area contributed by atoms with Crippen LogP contribution in [0, 0.1) is 5.92 Å². The number of rotatable bonds is 7. The second-order valence-corrected chi connectivity index (χ2v) is 7.17. The first-order valence-electron chi connectivity index (χ1n) is 9.79. The van der Waals surface area contributed by atoms with Crippen molar-refractivity contribution in [2.75, 3.05) is 13.1 Å². The first kappa shape index (κ1) is 20.9. The first-order valence-corrected chi connectivity index (χ1v) is 9.79. The number of nitrogens with zero attached hydrogens (tertiary/aromatic N) is 1. The lowest BCUT2D eigenvalue weighted by atomic mass is 9.98. The van der Waals surface area contributed by atoms with E-state index in [1.165, 1.54) is 0 Å². The molecule has 6 nitrogen and oxygen atoms in total. The molecule has 1 heterocycles. The van der Waals surface area contributed by atoms with Crippen LogP contribution in [-0.4, -0.2) is 47.9 Å². The van der Waals surface area contributed by atoms with E-state index in [2.05, 4.69) is 5.32 Å². The molecule has 1 aliphatic heterocycles. The van der Waals surface area contributed by atoms with Crippen molar-refractivity contribution in [2.24, 2.45) is 5.92 Å². The Kier molecular flexibility index (Phi) is 7.82. The summed E-state index contributed by atoms with van der Waals surface area (Å²) >= 11 is 0. The molecule has 0 saturated carbocycles. The van der Waals surface area contributed by atoms with Crippen molar-refractivity contribution in [3.63, 3.8) is 0 Å². The molecule has 0 unspecified atom stereocenters. The lowest BCUT2D eigenvalue weighted by molar-refractivity contribution is -0.162. The third-order valence-corrected chi connectivity index (χ3v) is 5.10. The Balaban J connectivity index is 2.01. The summed E-state index contributed by atoms with van der Waals surface area (Å²) in [6.45, 7) is 6.85. The van der Waals surface area contributed by atoms with Crippen LogP contribution in [0.4, 0.5) is 0 Å². The van der Waals surface area contributed by atoms with Crippen molar-refractivity contribution >= 4 is 17.8 Å². The molecule has 1 saturated heterocycles. The van der Waals surface area contributed by atoms with Gasteiger partial charge < -0.3 is 15.0 Å². The van der Waals surface area contributed by atoms with Crippen LogP contribution in [0.5, 0.6) is 0 Å². The number of piperidine rings is 1. The number of nitrogens with one attached hydrogen (secondary N) is 1. The van der Waals surface area contributed by atoms with Gasteiger partial charge in [0.2, 0.25) is 0 Å². The number of amides is 2. The number of carbonyl (C=O) groups excluding carboxylic acids is 3. The van der Waals surface area contributed by atoms with Crippen LogP contribution in [0.15, 0.2) is 30.3 Å². The molecule has 0 radical (unpaired) electrons. The van der Waals surface area contributed by atoms with Crippen LogP contribution >= 0.6 is 0 Å². The van der Waals surface area contributed by atoms with Crippen molar-refractivity contribution in [3.8, 4) is 0 Å². The molecule has 1 aromatic carbocycles. The fraction of sp³-hybridized carbons (Fsp3) is 0.571. The molecule has 3 atom stereocenters. The van der Waals surface area contributed by atoms with Crippen molar-refractivity contribution in [1.29, 1.82) is 0 Å². The molecule has 1 aliphatic rings. The van der Waals surface area contributed by atoms with Gasteiger partial charge >= 0.3 is 5.97 Å². The van der Waals surface area contributed by atoms with E-state index in [-0.39, 0.29) is 17.7 Å². The highest BCUT2D eigenvalue weighted by molar-refractivity contribution is 5.97. The fourth-order valence-corrected chi connectivity index (χ4v) is 3.15. The molecule has 0 aliphatic carbocycles. The number of carbonyl (C=O) groups is 3. The minimum atomic E-state index is -0.851. The molecule has 0 bridgehead atoms. The normalized spacial score (nSPS) is 17.5. The zero-order valence-corrected chi connectivity index (χ0v) is 16.4. The van der Waals surface area contributed by atoms with Crippen LogP contribution in [-0.2, 0) is 14.3 Å². The van der Waals surface area contributed by atoms with Gasteiger partial charge in [0.1, 0.15) is 6.04 Å². The zero-order valence-electron chi connectivity index (χ0n) is 16.4. The fourth-order valence-electron chi connectivity index (χ4n) is 3.15. The molecule has 0 spiro atoms. The van der Waals surface area contributed by atoms with Crippen LogP contribution in [0.25, 0.3) is 0 Å². The van der Waals surface area contributed by atoms with Gasteiger partial charge in [-0.15, -0.1) is 0 Å². The largest absolute Gasteiger partial charge is 0.451 e. The molecule has 2 amide bonds. The Bertz CT molecular complexity index is 641. The number of esters is 1. The maximum Gasteiger partial charge on any atom is 0.329 e. The second kappa shape index (κ2) is 10.1. The molecular weight excluding hydrogens is 344 g/mol. The Hall–Kier alpha value is -2.37. The van der Waals surface area contributed by atoms with E-state index in [0.29, 0.717) is 25.1 Å². The summed E-state index contributed by atoms with van der Waals surface area (Å²) in [5.41, 5.74) is 0.482. The second-order valence-electron chi connectivity index (χ2n) is 7.17. The van der Waals surface area contributed by atoms with Crippen LogP contribution in [0.1, 0.15) is 56.8 Å². The van der Waals surface area contributed by atoms with E-state index >= 15 is 0 Å². The van der Waals surface area contributed by atoms with Crippen LogP contribution in [0.3, 0.4) is 0 Å². The summed E-state index contributed by atoms with van der Waals surface area (Å²) in [7, 11) is 0. The third kappa shape index (κ3) is 5.81. The lowest BCUT2D eigenvalue weighted by Crippen LogP contribution is -2.49. The zero-order chi connectivity index (χ0) is 19.8. The standard InChI is InChI=1S/C21H30N2O4/c1-4-15(2)18(22-19(24)17-11-7-5-8-12-17)21(26)27-16(3)20(25)23-13-9-6-10-14-23/h5,7-8,11-12,15-16,18H,4,6,9-10,13-14H2,1-3H3,(H,22,24)/t15-,16+,18+/m0/s1. The minimum Gasteiger partial charge on any atom is -0.451 e. The first-order chi connectivity index (χ1) is 12.9. The minimum absolute atomic E-state index is 0.109. The molecule has 1 fully saturated rings. The molecule has 148 valence electrons. The van der Waals surface area contributed by atoms with Crippen LogP contribution < -0.4 is 5.32 Å². The highest BCUT2D eigenvalue weighted by atomic mass is 16.5. The average molecular weight is 374 g/mol. The van der Waals surface area contributed by atoms with E-state index in [9.17, 15) is 14.4 Å². The maximum absolute atomic E-state index is 12.7. The Morgan fingerprint density at radius 1 is 1.07 bits per heavy atom. The van der Waals surface area contributed by atoms with Gasteiger partial charge in [-0.1, -0.05) is 38.5 Å². The topological polar surface area (TPSA) is 75.7 Å². The Morgan fingerprint density at radius 3 is 2.30 bits per heavy atom. The number of hydrogen-bond acceptors (Lipinski definition) is 4. The molecule has 2 rings (SSSR count). The molecular formula is C21H30N2O4. The number of benzene rings is 1. The quantitative estimate of drug-likeness (QED) is 0.745. The summed E-state index contributed by atoms with van der Waals surface area (Å²) in [5, 5.41) is 2.77. The highest BCUT2D eigenvalue weighted by Gasteiger charge is 2.32. The summed E-state index contributed by atoms with van der Waals surface area (Å²) in [5.74, 6) is -1.16. The Labute approximate surface area is 161 Å². The average Bonchev–Trinajstić information content (AvgIpc) is 2.71. The molecule has 1 aromatic rings. The van der Waals surface area contributed by atoms with Crippen molar-refractivity contribution < 1.29 is 19.1 Å². The van der Waals surface area contributed by atoms with Gasteiger partial charge in [0, 0.05) is 18.7 Å². The van der Waals surface area contributed by atoms with Crippen molar-refractivity contribution in [1.82, 2.24) is 10.2 Å². The van der Waals surface area contributed by atoms with E-state index in [1.807, 2.05) is 19.9 Å². The predicted molar refractivity (Wildman–Crippen MR) is 103 cm³/mol. The van der Waals surface area contributed by atoms with E-state index in [1.54, 1.807) is 36.1 Å². The van der Waals surface area contributed by atoms with Gasteiger partial charge in [-0.05, 0) is 44.2 Å². The van der Waals surface area contributed by atoms with E-state index in [0.717, 1.165) is 19.3 Å². The summed E-state index contributed by atoms with van der Waals surface area (Å²) in [4.78, 5) is 39.4. The van der Waals surface area contributed by atoms with Gasteiger partial charge in [-0.25, -0.2) is 4.79 Å². The molecule has 27 heavy (non-hydrogen) atoms. The maximum atomic E-state index is 12.7.